The lowest BCUT2D eigenvalue weighted by atomic mass is 9.99. The smallest absolute Gasteiger partial charge is 0.417 e. The average molecular weight is 419 g/mol. The Bertz CT molecular complexity index is 1030. The Morgan fingerprint density at radius 1 is 0.933 bits per heavy atom. The van der Waals surface area contributed by atoms with E-state index in [1.165, 1.54) is 22.9 Å². The van der Waals surface area contributed by atoms with Crippen molar-refractivity contribution in [3.05, 3.63) is 65.4 Å². The van der Waals surface area contributed by atoms with Crippen molar-refractivity contribution in [1.82, 2.24) is 15.0 Å². The molecule has 0 saturated carbocycles. The Hall–Kier alpha value is -2.87. The highest BCUT2D eigenvalue weighted by Gasteiger charge is 2.35. The molecular formula is C22H24F3N3O2. The first-order valence-electron chi connectivity index (χ1n) is 9.42. The number of hydrogen-bond acceptors (Lipinski definition) is 4. The lowest BCUT2D eigenvalue weighted by Gasteiger charge is -2.28. The van der Waals surface area contributed by atoms with Crippen LogP contribution in [0.1, 0.15) is 44.5 Å². The van der Waals surface area contributed by atoms with E-state index in [2.05, 4.69) is 10.3 Å². The molecule has 0 aliphatic rings. The molecule has 0 aliphatic carbocycles. The number of rotatable bonds is 5. The lowest BCUT2D eigenvalue weighted by Crippen LogP contribution is -2.35. The van der Waals surface area contributed by atoms with Crippen LogP contribution in [0.15, 0.2) is 48.5 Å². The summed E-state index contributed by atoms with van der Waals surface area (Å²) in [5.41, 5.74) is -1.45. The fourth-order valence-electron chi connectivity index (χ4n) is 3.29. The second kappa shape index (κ2) is 7.43. The van der Waals surface area contributed by atoms with Crippen molar-refractivity contribution in [1.29, 1.82) is 0 Å². The van der Waals surface area contributed by atoms with Crippen LogP contribution in [-0.4, -0.2) is 20.1 Å². The number of aliphatic hydroxyl groups is 1. The summed E-state index contributed by atoms with van der Waals surface area (Å²) >= 11 is 0. The van der Waals surface area contributed by atoms with Gasteiger partial charge >= 0.3 is 6.18 Å². The molecule has 0 aliphatic heterocycles. The second-order valence-electron chi connectivity index (χ2n) is 8.11. The maximum Gasteiger partial charge on any atom is 0.417 e. The number of ether oxygens (including phenoxy) is 1. The number of aromatic nitrogens is 3. The van der Waals surface area contributed by atoms with Crippen molar-refractivity contribution in [3.63, 3.8) is 0 Å². The molecule has 0 atom stereocenters. The van der Waals surface area contributed by atoms with Crippen LogP contribution in [0.2, 0.25) is 0 Å². The molecule has 0 saturated heterocycles. The van der Waals surface area contributed by atoms with Crippen molar-refractivity contribution in [2.45, 2.75) is 52.1 Å². The van der Waals surface area contributed by atoms with E-state index in [-0.39, 0.29) is 11.3 Å². The topological polar surface area (TPSA) is 60.2 Å². The summed E-state index contributed by atoms with van der Waals surface area (Å²) in [7, 11) is 0. The third kappa shape index (κ3) is 4.33. The Labute approximate surface area is 173 Å². The van der Waals surface area contributed by atoms with E-state index in [1.807, 2.05) is 0 Å². The Balaban J connectivity index is 1.94. The van der Waals surface area contributed by atoms with Gasteiger partial charge in [0.1, 0.15) is 11.4 Å². The molecule has 1 N–H and O–H groups in total. The summed E-state index contributed by atoms with van der Waals surface area (Å²) in [5.74, 6) is 0.528. The van der Waals surface area contributed by atoms with Crippen LogP contribution in [0.5, 0.6) is 5.75 Å². The van der Waals surface area contributed by atoms with Gasteiger partial charge in [-0.2, -0.15) is 13.2 Å². The highest BCUT2D eigenvalue weighted by Crippen LogP contribution is 2.38. The van der Waals surface area contributed by atoms with Gasteiger partial charge in [0.05, 0.1) is 16.9 Å². The van der Waals surface area contributed by atoms with Crippen molar-refractivity contribution < 1.29 is 23.0 Å². The van der Waals surface area contributed by atoms with Crippen LogP contribution < -0.4 is 4.74 Å². The summed E-state index contributed by atoms with van der Waals surface area (Å²) in [6.45, 7) is 8.53. The molecule has 3 aromatic rings. The SMILES string of the molecule is Cc1c(-c2ccccc2C(F)(F)F)nnn1C(C)(C)Oc1ccc(C(C)(C)O)cc1. The van der Waals surface area contributed by atoms with Gasteiger partial charge in [0.15, 0.2) is 5.72 Å². The molecule has 3 rings (SSSR count). The molecule has 0 radical (unpaired) electrons. The molecule has 2 aromatic carbocycles. The largest absolute Gasteiger partial charge is 0.467 e. The number of hydrogen-bond donors (Lipinski definition) is 1. The zero-order valence-corrected chi connectivity index (χ0v) is 17.4. The fraction of sp³-hybridized carbons (Fsp3) is 0.364. The van der Waals surface area contributed by atoms with Gasteiger partial charge in [-0.25, -0.2) is 4.68 Å². The first kappa shape index (κ1) is 21.8. The van der Waals surface area contributed by atoms with Gasteiger partial charge in [0, 0.05) is 5.56 Å². The third-order valence-corrected chi connectivity index (χ3v) is 4.82. The van der Waals surface area contributed by atoms with Crippen molar-refractivity contribution >= 4 is 0 Å². The van der Waals surface area contributed by atoms with Gasteiger partial charge in [-0.15, -0.1) is 5.10 Å². The molecule has 1 aromatic heterocycles. The molecule has 1 heterocycles. The first-order chi connectivity index (χ1) is 13.8. The fourth-order valence-corrected chi connectivity index (χ4v) is 3.29. The molecule has 0 spiro atoms. The predicted octanol–water partition coefficient (Wildman–Crippen LogP) is 5.27. The molecule has 0 bridgehead atoms. The molecular weight excluding hydrogens is 395 g/mol. The molecule has 30 heavy (non-hydrogen) atoms. The normalized spacial score (nSPS) is 12.8. The predicted molar refractivity (Wildman–Crippen MR) is 107 cm³/mol. The number of nitrogens with zero attached hydrogens (tertiary/aromatic N) is 3. The Morgan fingerprint density at radius 2 is 1.53 bits per heavy atom. The van der Waals surface area contributed by atoms with Gasteiger partial charge < -0.3 is 9.84 Å². The molecule has 8 heteroatoms. The third-order valence-electron chi connectivity index (χ3n) is 4.82. The lowest BCUT2D eigenvalue weighted by molar-refractivity contribution is -0.137. The zero-order valence-electron chi connectivity index (χ0n) is 17.4. The zero-order chi connectivity index (χ0) is 22.3. The summed E-state index contributed by atoms with van der Waals surface area (Å²) in [6.07, 6.45) is -4.50. The molecule has 5 nitrogen and oxygen atoms in total. The maximum absolute atomic E-state index is 13.4. The summed E-state index contributed by atoms with van der Waals surface area (Å²) in [5, 5.41) is 18.2. The van der Waals surface area contributed by atoms with Crippen LogP contribution in [0.3, 0.4) is 0 Å². The molecule has 0 amide bonds. The van der Waals surface area contributed by atoms with Crippen LogP contribution in [0.4, 0.5) is 13.2 Å². The van der Waals surface area contributed by atoms with Crippen LogP contribution in [0, 0.1) is 6.92 Å². The van der Waals surface area contributed by atoms with E-state index >= 15 is 0 Å². The minimum Gasteiger partial charge on any atom is -0.467 e. The van der Waals surface area contributed by atoms with E-state index in [0.717, 1.165) is 11.6 Å². The number of halogens is 3. The van der Waals surface area contributed by atoms with Crippen LogP contribution in [-0.2, 0) is 17.5 Å². The van der Waals surface area contributed by atoms with Gasteiger partial charge in [0.2, 0.25) is 0 Å². The highest BCUT2D eigenvalue weighted by molar-refractivity contribution is 5.66. The molecule has 0 unspecified atom stereocenters. The van der Waals surface area contributed by atoms with Crippen molar-refractivity contribution in [3.8, 4) is 17.0 Å². The summed E-state index contributed by atoms with van der Waals surface area (Å²) < 4.78 is 47.7. The van der Waals surface area contributed by atoms with E-state index in [0.29, 0.717) is 11.4 Å². The van der Waals surface area contributed by atoms with Gasteiger partial charge in [0.25, 0.3) is 0 Å². The minimum absolute atomic E-state index is 0.0286. The Kier molecular flexibility index (Phi) is 5.41. The summed E-state index contributed by atoms with van der Waals surface area (Å²) in [6, 6.07) is 12.2. The molecule has 160 valence electrons. The second-order valence-corrected chi connectivity index (χ2v) is 8.11. The highest BCUT2D eigenvalue weighted by atomic mass is 19.4. The van der Waals surface area contributed by atoms with Gasteiger partial charge in [-0.3, -0.25) is 0 Å². The molecule has 0 fully saturated rings. The monoisotopic (exact) mass is 419 g/mol. The van der Waals surface area contributed by atoms with Crippen molar-refractivity contribution in [2.75, 3.05) is 0 Å². The first-order valence-corrected chi connectivity index (χ1v) is 9.42. The number of alkyl halides is 3. The summed E-state index contributed by atoms with van der Waals surface area (Å²) in [4.78, 5) is 0. The standard InChI is InChI=1S/C22H24F3N3O2/c1-14-19(17-8-6-7-9-18(17)22(23,24)25)26-27-28(14)21(4,5)30-16-12-10-15(11-13-16)20(2,3)29/h6-13,29H,1-5H3. The van der Waals surface area contributed by atoms with Crippen LogP contribution >= 0.6 is 0 Å². The van der Waals surface area contributed by atoms with Crippen LogP contribution in [0.25, 0.3) is 11.3 Å². The van der Waals surface area contributed by atoms with E-state index in [1.54, 1.807) is 58.9 Å². The Morgan fingerprint density at radius 3 is 2.10 bits per heavy atom. The quantitative estimate of drug-likeness (QED) is 0.612. The van der Waals surface area contributed by atoms with E-state index in [9.17, 15) is 18.3 Å². The number of benzene rings is 2. The van der Waals surface area contributed by atoms with Crippen molar-refractivity contribution in [2.24, 2.45) is 0 Å². The maximum atomic E-state index is 13.4. The minimum atomic E-state index is -4.50. The van der Waals surface area contributed by atoms with E-state index < -0.39 is 23.1 Å². The van der Waals surface area contributed by atoms with Gasteiger partial charge in [-0.05, 0) is 58.4 Å². The van der Waals surface area contributed by atoms with E-state index in [4.69, 9.17) is 4.74 Å². The van der Waals surface area contributed by atoms with Gasteiger partial charge in [-0.1, -0.05) is 35.5 Å². The average Bonchev–Trinajstić information content (AvgIpc) is 3.02.